The molecule has 1 amide bonds. The fraction of sp³-hybridized carbons (Fsp3) is 0.529. The molecule has 0 saturated carbocycles. The Morgan fingerprint density at radius 2 is 1.88 bits per heavy atom. The second-order valence-electron chi connectivity index (χ2n) is 6.44. The molecular formula is C17H23FN6OS. The second-order valence-corrected chi connectivity index (χ2v) is 7.50. The van der Waals surface area contributed by atoms with Gasteiger partial charge >= 0.3 is 0 Å². The molecule has 1 saturated heterocycles. The van der Waals surface area contributed by atoms with Gasteiger partial charge in [-0.3, -0.25) is 4.79 Å². The maximum atomic E-state index is 13.0. The van der Waals surface area contributed by atoms with Gasteiger partial charge in [0.05, 0.1) is 6.04 Å². The molecule has 0 atom stereocenters. The van der Waals surface area contributed by atoms with Crippen LogP contribution in [0.5, 0.6) is 0 Å². The lowest BCUT2D eigenvalue weighted by molar-refractivity contribution is -0.131. The second kappa shape index (κ2) is 8.48. The highest BCUT2D eigenvalue weighted by Crippen LogP contribution is 2.20. The average Bonchev–Trinajstić information content (AvgIpc) is 3.11. The van der Waals surface area contributed by atoms with E-state index in [0.29, 0.717) is 25.3 Å². The van der Waals surface area contributed by atoms with E-state index in [-0.39, 0.29) is 17.8 Å². The van der Waals surface area contributed by atoms with Gasteiger partial charge in [-0.15, -0.1) is 5.10 Å². The van der Waals surface area contributed by atoms with E-state index in [1.165, 1.54) is 23.9 Å². The number of thioether (sulfide) groups is 1. The zero-order valence-corrected chi connectivity index (χ0v) is 15.8. The Morgan fingerprint density at radius 1 is 1.19 bits per heavy atom. The van der Waals surface area contributed by atoms with Crippen molar-refractivity contribution in [3.05, 3.63) is 30.1 Å². The summed E-state index contributed by atoms with van der Waals surface area (Å²) in [4.78, 5) is 16.5. The molecule has 2 heterocycles. The summed E-state index contributed by atoms with van der Waals surface area (Å²) in [6.45, 7) is 6.93. The lowest BCUT2D eigenvalue weighted by Gasteiger charge is -2.36. The highest BCUT2D eigenvalue weighted by Gasteiger charge is 2.21. The smallest absolute Gasteiger partial charge is 0.223 e. The van der Waals surface area contributed by atoms with Crippen LogP contribution in [-0.2, 0) is 4.79 Å². The van der Waals surface area contributed by atoms with E-state index in [4.69, 9.17) is 0 Å². The van der Waals surface area contributed by atoms with Crippen LogP contribution in [0.25, 0.3) is 0 Å². The molecule has 1 aromatic heterocycles. The first-order chi connectivity index (χ1) is 12.5. The number of benzene rings is 1. The fourth-order valence-electron chi connectivity index (χ4n) is 2.86. The van der Waals surface area contributed by atoms with Gasteiger partial charge in [0.15, 0.2) is 0 Å². The first-order valence-electron chi connectivity index (χ1n) is 8.73. The molecule has 3 rings (SSSR count). The van der Waals surface area contributed by atoms with Gasteiger partial charge in [0.2, 0.25) is 11.1 Å². The normalized spacial score (nSPS) is 14.9. The summed E-state index contributed by atoms with van der Waals surface area (Å²) in [7, 11) is 0. The molecule has 0 bridgehead atoms. The number of rotatable bonds is 6. The number of anilines is 1. The van der Waals surface area contributed by atoms with Gasteiger partial charge in [0, 0.05) is 44.0 Å². The molecule has 0 unspecified atom stereocenters. The fourth-order valence-corrected chi connectivity index (χ4v) is 3.79. The third kappa shape index (κ3) is 4.51. The minimum atomic E-state index is -0.233. The maximum Gasteiger partial charge on any atom is 0.223 e. The van der Waals surface area contributed by atoms with Crippen molar-refractivity contribution in [2.45, 2.75) is 31.5 Å². The number of halogens is 1. The lowest BCUT2D eigenvalue weighted by atomic mass is 10.2. The Hall–Kier alpha value is -2.16. The number of piperazine rings is 1. The van der Waals surface area contributed by atoms with Gasteiger partial charge in [0.1, 0.15) is 5.82 Å². The summed E-state index contributed by atoms with van der Waals surface area (Å²) in [6, 6.07) is 6.69. The number of carbonyl (C=O) groups excluding carboxylic acids is 1. The minimum absolute atomic E-state index is 0.153. The van der Waals surface area contributed by atoms with Crippen LogP contribution < -0.4 is 4.90 Å². The predicted molar refractivity (Wildman–Crippen MR) is 98.7 cm³/mol. The molecular weight excluding hydrogens is 355 g/mol. The molecule has 0 aliphatic carbocycles. The molecule has 9 heteroatoms. The Kier molecular flexibility index (Phi) is 6.08. The summed E-state index contributed by atoms with van der Waals surface area (Å²) < 4.78 is 14.8. The number of hydrogen-bond acceptors (Lipinski definition) is 6. The highest BCUT2D eigenvalue weighted by atomic mass is 32.2. The van der Waals surface area contributed by atoms with Gasteiger partial charge in [-0.05, 0) is 48.5 Å². The Morgan fingerprint density at radius 3 is 2.54 bits per heavy atom. The number of amides is 1. The Balaban J connectivity index is 1.43. The van der Waals surface area contributed by atoms with Crippen LogP contribution in [-0.4, -0.2) is 62.9 Å². The third-order valence-corrected chi connectivity index (χ3v) is 5.26. The van der Waals surface area contributed by atoms with Crippen LogP contribution in [0.15, 0.2) is 29.4 Å². The molecule has 1 fully saturated rings. The Labute approximate surface area is 156 Å². The van der Waals surface area contributed by atoms with Gasteiger partial charge in [-0.25, -0.2) is 9.07 Å². The van der Waals surface area contributed by atoms with Crippen molar-refractivity contribution >= 4 is 23.4 Å². The molecule has 0 radical (unpaired) electrons. The summed E-state index contributed by atoms with van der Waals surface area (Å²) in [6.07, 6.45) is 0.464. The monoisotopic (exact) mass is 378 g/mol. The van der Waals surface area contributed by atoms with Crippen molar-refractivity contribution in [2.24, 2.45) is 0 Å². The van der Waals surface area contributed by atoms with E-state index < -0.39 is 0 Å². The topological polar surface area (TPSA) is 67.2 Å². The standard InChI is InChI=1S/C17H23FN6OS/c1-13(2)24-17(19-20-21-24)26-12-7-16(25)23-10-8-22(9-11-23)15-5-3-14(18)4-6-15/h3-6,13H,7-12H2,1-2H3. The number of carbonyl (C=O) groups is 1. The molecule has 1 aromatic carbocycles. The van der Waals surface area contributed by atoms with Gasteiger partial charge < -0.3 is 9.80 Å². The minimum Gasteiger partial charge on any atom is -0.368 e. The van der Waals surface area contributed by atoms with E-state index in [1.807, 2.05) is 18.7 Å². The Bertz CT molecular complexity index is 727. The highest BCUT2D eigenvalue weighted by molar-refractivity contribution is 7.99. The average molecular weight is 378 g/mol. The van der Waals surface area contributed by atoms with Crippen LogP contribution in [0.2, 0.25) is 0 Å². The van der Waals surface area contributed by atoms with Crippen LogP contribution in [0.3, 0.4) is 0 Å². The van der Waals surface area contributed by atoms with E-state index in [9.17, 15) is 9.18 Å². The molecule has 0 spiro atoms. The van der Waals surface area contributed by atoms with E-state index in [1.54, 1.807) is 16.8 Å². The maximum absolute atomic E-state index is 13.0. The first-order valence-corrected chi connectivity index (χ1v) is 9.72. The summed E-state index contributed by atoms with van der Waals surface area (Å²) >= 11 is 1.51. The van der Waals surface area contributed by atoms with Crippen molar-refractivity contribution in [1.82, 2.24) is 25.1 Å². The van der Waals surface area contributed by atoms with Gasteiger partial charge in [-0.1, -0.05) is 11.8 Å². The zero-order valence-electron chi connectivity index (χ0n) is 15.0. The van der Waals surface area contributed by atoms with Crippen LogP contribution in [0.1, 0.15) is 26.3 Å². The lowest BCUT2D eigenvalue weighted by Crippen LogP contribution is -2.48. The largest absolute Gasteiger partial charge is 0.368 e. The SMILES string of the molecule is CC(C)n1nnnc1SCCC(=O)N1CCN(c2ccc(F)cc2)CC1. The van der Waals surface area contributed by atoms with Crippen molar-refractivity contribution in [2.75, 3.05) is 36.8 Å². The molecule has 26 heavy (non-hydrogen) atoms. The number of tetrazole rings is 1. The van der Waals surface area contributed by atoms with Gasteiger partial charge in [0.25, 0.3) is 0 Å². The molecule has 1 aliphatic heterocycles. The van der Waals surface area contributed by atoms with Crippen molar-refractivity contribution in [1.29, 1.82) is 0 Å². The first kappa shape index (κ1) is 18.6. The van der Waals surface area contributed by atoms with Gasteiger partial charge in [-0.2, -0.15) is 0 Å². The van der Waals surface area contributed by atoms with E-state index in [2.05, 4.69) is 20.4 Å². The molecule has 7 nitrogen and oxygen atoms in total. The molecule has 140 valence electrons. The zero-order chi connectivity index (χ0) is 18.5. The molecule has 0 N–H and O–H groups in total. The molecule has 2 aromatic rings. The van der Waals surface area contributed by atoms with Crippen molar-refractivity contribution < 1.29 is 9.18 Å². The number of nitrogens with zero attached hydrogens (tertiary/aromatic N) is 6. The van der Waals surface area contributed by atoms with Crippen molar-refractivity contribution in [3.63, 3.8) is 0 Å². The predicted octanol–water partition coefficient (Wildman–Crippen LogP) is 2.22. The summed E-state index contributed by atoms with van der Waals surface area (Å²) in [5.41, 5.74) is 0.995. The number of hydrogen-bond donors (Lipinski definition) is 0. The van der Waals surface area contributed by atoms with E-state index in [0.717, 1.165) is 23.9 Å². The number of aromatic nitrogens is 4. The summed E-state index contributed by atoms with van der Waals surface area (Å²) in [5, 5.41) is 12.4. The summed E-state index contributed by atoms with van der Waals surface area (Å²) in [5.74, 6) is 0.577. The van der Waals surface area contributed by atoms with Crippen LogP contribution >= 0.6 is 11.8 Å². The van der Waals surface area contributed by atoms with Crippen LogP contribution in [0.4, 0.5) is 10.1 Å². The third-order valence-electron chi connectivity index (χ3n) is 4.32. The molecule has 1 aliphatic rings. The van der Waals surface area contributed by atoms with Crippen LogP contribution in [0, 0.1) is 5.82 Å². The van der Waals surface area contributed by atoms with E-state index >= 15 is 0 Å². The quantitative estimate of drug-likeness (QED) is 0.718. The van der Waals surface area contributed by atoms with Crippen molar-refractivity contribution in [3.8, 4) is 0 Å².